The Hall–Kier alpha value is -2.39. The van der Waals surface area contributed by atoms with Crippen LogP contribution in [0.5, 0.6) is 0 Å². The van der Waals surface area contributed by atoms with Crippen LogP contribution in [0.4, 0.5) is 0 Å². The summed E-state index contributed by atoms with van der Waals surface area (Å²) >= 11 is 0. The number of carbonyl (C=O) groups is 1. The van der Waals surface area contributed by atoms with Gasteiger partial charge in [-0.05, 0) is 21.3 Å². The van der Waals surface area contributed by atoms with Gasteiger partial charge in [0.1, 0.15) is 0 Å². The molecule has 2 aromatic carbocycles. The van der Waals surface area contributed by atoms with Gasteiger partial charge in [0.2, 0.25) is 0 Å². The number of hydrogen-bond acceptors (Lipinski definition) is 3. The van der Waals surface area contributed by atoms with E-state index in [2.05, 4.69) is 56.9 Å². The maximum Gasteiger partial charge on any atom is 0.321 e. The lowest BCUT2D eigenvalue weighted by Gasteiger charge is -2.42. The molecule has 0 saturated carbocycles. The highest BCUT2D eigenvalue weighted by atomic mass is 28.4. The van der Waals surface area contributed by atoms with Crippen molar-refractivity contribution in [3.05, 3.63) is 60.7 Å². The maximum atomic E-state index is 11.8. The van der Waals surface area contributed by atoms with Gasteiger partial charge in [0.25, 0.3) is 8.32 Å². The SMILES string of the molecule is CON(C)C(=O)C#CCO[Si](c1ccccc1)(c1ccccc1)C(C)(C)C. The molecular weight excluding hydrogens is 354 g/mol. The van der Waals surface area contributed by atoms with Crippen molar-refractivity contribution in [1.29, 1.82) is 0 Å². The number of nitrogens with zero attached hydrogens (tertiary/aromatic N) is 1. The van der Waals surface area contributed by atoms with Crippen molar-refractivity contribution in [1.82, 2.24) is 5.06 Å². The monoisotopic (exact) mass is 381 g/mol. The van der Waals surface area contributed by atoms with Crippen LogP contribution in [0.15, 0.2) is 60.7 Å². The predicted molar refractivity (Wildman–Crippen MR) is 111 cm³/mol. The number of benzene rings is 2. The molecule has 0 N–H and O–H groups in total. The van der Waals surface area contributed by atoms with Gasteiger partial charge < -0.3 is 4.43 Å². The molecule has 0 spiro atoms. The van der Waals surface area contributed by atoms with Crippen molar-refractivity contribution >= 4 is 24.6 Å². The second-order valence-electron chi connectivity index (χ2n) is 7.24. The summed E-state index contributed by atoms with van der Waals surface area (Å²) in [7, 11) is 0.341. The molecule has 2 aromatic rings. The Kier molecular flexibility index (Phi) is 6.97. The van der Waals surface area contributed by atoms with Gasteiger partial charge >= 0.3 is 5.91 Å². The fraction of sp³-hybridized carbons (Fsp3) is 0.318. The van der Waals surface area contributed by atoms with Crippen LogP contribution in [0.3, 0.4) is 0 Å². The zero-order valence-electron chi connectivity index (χ0n) is 16.7. The summed E-state index contributed by atoms with van der Waals surface area (Å²) in [5.74, 6) is 5.03. The van der Waals surface area contributed by atoms with Crippen molar-refractivity contribution in [2.75, 3.05) is 20.8 Å². The van der Waals surface area contributed by atoms with Gasteiger partial charge in [0.05, 0.1) is 13.7 Å². The fourth-order valence-corrected chi connectivity index (χ4v) is 7.62. The van der Waals surface area contributed by atoms with Crippen molar-refractivity contribution in [2.45, 2.75) is 25.8 Å². The molecule has 0 aliphatic heterocycles. The molecule has 0 bridgehead atoms. The van der Waals surface area contributed by atoms with E-state index >= 15 is 0 Å². The van der Waals surface area contributed by atoms with E-state index in [9.17, 15) is 4.79 Å². The van der Waals surface area contributed by atoms with Gasteiger partial charge in [-0.25, -0.2) is 5.06 Å². The van der Waals surface area contributed by atoms with Crippen LogP contribution in [0.2, 0.25) is 5.04 Å². The van der Waals surface area contributed by atoms with Crippen LogP contribution in [0.25, 0.3) is 0 Å². The third-order valence-electron chi connectivity index (χ3n) is 4.53. The molecule has 5 heteroatoms. The molecule has 0 radical (unpaired) electrons. The second-order valence-corrected chi connectivity index (χ2v) is 11.5. The predicted octanol–water partition coefficient (Wildman–Crippen LogP) is 2.59. The van der Waals surface area contributed by atoms with Crippen LogP contribution in [-0.4, -0.2) is 40.1 Å². The first-order valence-electron chi connectivity index (χ1n) is 8.88. The highest BCUT2D eigenvalue weighted by Crippen LogP contribution is 2.36. The molecule has 4 nitrogen and oxygen atoms in total. The molecule has 2 rings (SSSR count). The molecule has 0 aliphatic rings. The molecule has 0 saturated heterocycles. The largest absolute Gasteiger partial charge is 0.396 e. The van der Waals surface area contributed by atoms with E-state index in [0.29, 0.717) is 0 Å². The minimum absolute atomic E-state index is 0.120. The Morgan fingerprint density at radius 2 is 1.48 bits per heavy atom. The van der Waals surface area contributed by atoms with E-state index in [4.69, 9.17) is 9.26 Å². The first-order valence-corrected chi connectivity index (χ1v) is 10.8. The zero-order valence-corrected chi connectivity index (χ0v) is 17.7. The van der Waals surface area contributed by atoms with Crippen LogP contribution >= 0.6 is 0 Å². The number of amides is 1. The smallest absolute Gasteiger partial charge is 0.321 e. The van der Waals surface area contributed by atoms with Gasteiger partial charge in [0, 0.05) is 7.05 Å². The van der Waals surface area contributed by atoms with Crippen molar-refractivity contribution in [3.8, 4) is 11.8 Å². The molecule has 0 atom stereocenters. The average Bonchev–Trinajstić information content (AvgIpc) is 2.67. The first-order chi connectivity index (χ1) is 12.8. The minimum atomic E-state index is -2.62. The Balaban J connectivity index is 2.45. The lowest BCUT2D eigenvalue weighted by atomic mass is 10.2. The van der Waals surface area contributed by atoms with E-state index in [1.165, 1.54) is 24.5 Å². The summed E-state index contributed by atoms with van der Waals surface area (Å²) in [6.45, 7) is 6.79. The standard InChI is InChI=1S/C22H27NO3Si/c1-22(2,3)27(19-13-8-6-9-14-19,20-15-10-7-11-16-20)26-18-12-17-21(24)23(4)25-5/h6-11,13-16H,18H2,1-5H3. The van der Waals surface area contributed by atoms with E-state index < -0.39 is 14.2 Å². The van der Waals surface area contributed by atoms with E-state index in [1.807, 2.05) is 36.4 Å². The van der Waals surface area contributed by atoms with Gasteiger partial charge in [0.15, 0.2) is 0 Å². The molecule has 0 fully saturated rings. The Bertz CT molecular complexity index is 765. The molecule has 0 aromatic heterocycles. The molecule has 0 unspecified atom stereocenters. The van der Waals surface area contributed by atoms with E-state index in [-0.39, 0.29) is 11.6 Å². The normalized spacial score (nSPS) is 11.4. The summed E-state index contributed by atoms with van der Waals surface area (Å²) in [6, 6.07) is 20.7. The summed E-state index contributed by atoms with van der Waals surface area (Å²) in [5.41, 5.74) is 0. The Labute approximate surface area is 163 Å². The Morgan fingerprint density at radius 1 is 1.00 bits per heavy atom. The molecule has 0 aliphatic carbocycles. The van der Waals surface area contributed by atoms with Crippen molar-refractivity contribution < 1.29 is 14.1 Å². The summed E-state index contributed by atoms with van der Waals surface area (Å²) in [6.07, 6.45) is 0. The zero-order chi connectivity index (χ0) is 19.9. The number of hydroxylamine groups is 2. The summed E-state index contributed by atoms with van der Waals surface area (Å²) in [5, 5.41) is 3.34. The molecule has 0 heterocycles. The molecule has 27 heavy (non-hydrogen) atoms. The molecule has 142 valence electrons. The van der Waals surface area contributed by atoms with Crippen LogP contribution in [-0.2, 0) is 14.1 Å². The highest BCUT2D eigenvalue weighted by Gasteiger charge is 2.49. The fourth-order valence-electron chi connectivity index (χ4n) is 3.18. The first kappa shape index (κ1) is 20.9. The Morgan fingerprint density at radius 3 is 1.89 bits per heavy atom. The number of carbonyl (C=O) groups excluding carboxylic acids is 1. The van der Waals surface area contributed by atoms with Crippen LogP contribution in [0.1, 0.15) is 20.8 Å². The van der Waals surface area contributed by atoms with Gasteiger partial charge in [-0.1, -0.05) is 87.4 Å². The summed E-state index contributed by atoms with van der Waals surface area (Å²) in [4.78, 5) is 16.7. The van der Waals surface area contributed by atoms with Crippen LogP contribution < -0.4 is 10.4 Å². The molecular formula is C22H27NO3Si. The lowest BCUT2D eigenvalue weighted by molar-refractivity contribution is -0.161. The highest BCUT2D eigenvalue weighted by molar-refractivity contribution is 6.99. The quantitative estimate of drug-likeness (QED) is 0.454. The van der Waals surface area contributed by atoms with Gasteiger partial charge in [-0.2, -0.15) is 0 Å². The molecule has 1 amide bonds. The van der Waals surface area contributed by atoms with Gasteiger partial charge in [-0.15, -0.1) is 0 Å². The second kappa shape index (κ2) is 9.00. The minimum Gasteiger partial charge on any atom is -0.396 e. The van der Waals surface area contributed by atoms with Gasteiger partial charge in [-0.3, -0.25) is 9.63 Å². The van der Waals surface area contributed by atoms with Crippen molar-refractivity contribution in [2.24, 2.45) is 0 Å². The van der Waals surface area contributed by atoms with Crippen LogP contribution in [0, 0.1) is 11.8 Å². The number of hydrogen-bond donors (Lipinski definition) is 0. The third-order valence-corrected chi connectivity index (χ3v) is 9.52. The number of rotatable bonds is 5. The van der Waals surface area contributed by atoms with E-state index in [1.54, 1.807) is 0 Å². The topological polar surface area (TPSA) is 38.8 Å². The maximum absolute atomic E-state index is 11.8. The summed E-state index contributed by atoms with van der Waals surface area (Å²) < 4.78 is 6.58. The van der Waals surface area contributed by atoms with Crippen molar-refractivity contribution in [3.63, 3.8) is 0 Å². The third kappa shape index (κ3) is 4.66. The van der Waals surface area contributed by atoms with E-state index in [0.717, 1.165) is 5.06 Å². The average molecular weight is 382 g/mol. The lowest BCUT2D eigenvalue weighted by Crippen LogP contribution is -2.66.